The van der Waals surface area contributed by atoms with Crippen molar-refractivity contribution in [3.63, 3.8) is 0 Å². The zero-order valence-electron chi connectivity index (χ0n) is 8.40. The minimum absolute atomic E-state index is 0.137. The van der Waals surface area contributed by atoms with Gasteiger partial charge < -0.3 is 31.9 Å². The number of carboxylic acid groups (broad SMARTS) is 1. The van der Waals surface area contributed by atoms with Gasteiger partial charge in [0.2, 0.25) is 0 Å². The average Bonchev–Trinajstić information content (AvgIpc) is 2.20. The molecule has 0 fully saturated rings. The minimum atomic E-state index is -1.64. The molecular weight excluding hydrogens is 220 g/mol. The van der Waals surface area contributed by atoms with E-state index in [1.54, 1.807) is 0 Å². The fraction of sp³-hybridized carbons (Fsp3) is 0.571. The fourth-order valence-corrected chi connectivity index (χ4v) is 0.701. The van der Waals surface area contributed by atoms with Crippen molar-refractivity contribution in [3.8, 4) is 0 Å². The molecule has 92 valence electrons. The molecule has 0 spiro atoms. The highest BCUT2D eigenvalue weighted by Gasteiger charge is 2.13. The summed E-state index contributed by atoms with van der Waals surface area (Å²) in [6.07, 6.45) is -1.64. The van der Waals surface area contributed by atoms with Crippen molar-refractivity contribution in [1.82, 2.24) is 16.0 Å². The summed E-state index contributed by atoms with van der Waals surface area (Å²) in [4.78, 5) is 31.3. The van der Waals surface area contributed by atoms with E-state index in [4.69, 9.17) is 15.9 Å². The van der Waals surface area contributed by atoms with Crippen molar-refractivity contribution in [1.29, 1.82) is 0 Å². The Labute approximate surface area is 91.0 Å². The summed E-state index contributed by atoms with van der Waals surface area (Å²) in [5.41, 5.74) is 4.76. The van der Waals surface area contributed by atoms with E-state index in [9.17, 15) is 14.4 Å². The highest BCUT2D eigenvalue weighted by atomic mass is 16.4. The largest absolute Gasteiger partial charge is 0.479 e. The van der Waals surface area contributed by atoms with Gasteiger partial charge in [-0.05, 0) is 0 Å². The summed E-state index contributed by atoms with van der Waals surface area (Å²) >= 11 is 0. The van der Waals surface area contributed by atoms with Gasteiger partial charge in [0.25, 0.3) is 0 Å². The van der Waals surface area contributed by atoms with Gasteiger partial charge >= 0.3 is 18.0 Å². The van der Waals surface area contributed by atoms with Crippen molar-refractivity contribution in [3.05, 3.63) is 0 Å². The minimum Gasteiger partial charge on any atom is -0.479 e. The molecule has 0 bridgehead atoms. The Morgan fingerprint density at radius 3 is 2.19 bits per heavy atom. The third-order valence-corrected chi connectivity index (χ3v) is 1.45. The first kappa shape index (κ1) is 14.0. The molecule has 0 aliphatic rings. The van der Waals surface area contributed by atoms with E-state index in [0.717, 1.165) is 0 Å². The molecule has 0 rings (SSSR count). The number of carbonyl (C=O) groups is 3. The highest BCUT2D eigenvalue weighted by Crippen LogP contribution is 1.79. The first-order chi connectivity index (χ1) is 7.43. The summed E-state index contributed by atoms with van der Waals surface area (Å²) in [7, 11) is 0. The summed E-state index contributed by atoms with van der Waals surface area (Å²) in [5.74, 6) is -1.42. The molecule has 7 N–H and O–H groups in total. The van der Waals surface area contributed by atoms with Gasteiger partial charge in [0.05, 0.1) is 6.54 Å². The van der Waals surface area contributed by atoms with E-state index in [1.807, 2.05) is 0 Å². The zero-order valence-corrected chi connectivity index (χ0v) is 8.40. The predicted molar refractivity (Wildman–Crippen MR) is 52.6 cm³/mol. The smallest absolute Gasteiger partial charge is 0.334 e. The Morgan fingerprint density at radius 1 is 1.12 bits per heavy atom. The molecule has 1 atom stereocenters. The van der Waals surface area contributed by atoms with Crippen LogP contribution in [0.1, 0.15) is 0 Å². The summed E-state index contributed by atoms with van der Waals surface area (Å²) in [6, 6.07) is -1.35. The quantitative estimate of drug-likeness (QED) is 0.278. The standard InChI is InChI=1S/C7H14N4O5/c8-6(15)9-1-2-10-7(16)11-3-4(12)5(13)14/h4,12H,1-3H2,(H,13,14)(H3,8,9,15)(H2,10,11,16)/t4-/m0/s1. The Morgan fingerprint density at radius 2 is 1.69 bits per heavy atom. The van der Waals surface area contributed by atoms with Crippen LogP contribution in [0.4, 0.5) is 9.59 Å². The number of hydrogen-bond donors (Lipinski definition) is 6. The molecule has 9 heteroatoms. The lowest BCUT2D eigenvalue weighted by molar-refractivity contribution is -0.146. The molecule has 16 heavy (non-hydrogen) atoms. The van der Waals surface area contributed by atoms with Crippen LogP contribution in [0.2, 0.25) is 0 Å². The number of nitrogens with two attached hydrogens (primary N) is 1. The van der Waals surface area contributed by atoms with Crippen LogP contribution in [0.25, 0.3) is 0 Å². The summed E-state index contributed by atoms with van der Waals surface area (Å²) in [5, 5.41) is 23.8. The van der Waals surface area contributed by atoms with Gasteiger partial charge in [-0.3, -0.25) is 0 Å². The summed E-state index contributed by atoms with van der Waals surface area (Å²) < 4.78 is 0. The number of rotatable bonds is 6. The average molecular weight is 234 g/mol. The van der Waals surface area contributed by atoms with Crippen LogP contribution in [-0.2, 0) is 4.79 Å². The van der Waals surface area contributed by atoms with Crippen LogP contribution >= 0.6 is 0 Å². The van der Waals surface area contributed by atoms with Crippen molar-refractivity contribution in [2.24, 2.45) is 5.73 Å². The topological polar surface area (TPSA) is 154 Å². The molecule has 0 heterocycles. The molecule has 0 saturated carbocycles. The molecule has 0 aliphatic heterocycles. The lowest BCUT2D eigenvalue weighted by Gasteiger charge is -2.09. The number of carbonyl (C=O) groups excluding carboxylic acids is 2. The number of amides is 4. The number of urea groups is 2. The van der Waals surface area contributed by atoms with E-state index in [1.165, 1.54) is 0 Å². The maximum absolute atomic E-state index is 10.9. The van der Waals surface area contributed by atoms with Gasteiger partial charge in [0.1, 0.15) is 0 Å². The number of nitrogens with one attached hydrogen (secondary N) is 3. The number of aliphatic carboxylic acids is 1. The van der Waals surface area contributed by atoms with Gasteiger partial charge in [-0.2, -0.15) is 0 Å². The molecule has 0 aliphatic carbocycles. The molecular formula is C7H14N4O5. The van der Waals surface area contributed by atoms with E-state index >= 15 is 0 Å². The SMILES string of the molecule is NC(=O)NCCNC(=O)NC[C@H](O)C(=O)O. The Balaban J connectivity index is 3.52. The van der Waals surface area contributed by atoms with Crippen LogP contribution in [-0.4, -0.2) is 54.0 Å². The highest BCUT2D eigenvalue weighted by molar-refractivity contribution is 5.76. The molecule has 0 aromatic heterocycles. The number of aliphatic hydroxyl groups is 1. The van der Waals surface area contributed by atoms with Crippen molar-refractivity contribution in [2.45, 2.75) is 6.10 Å². The molecule has 4 amide bonds. The Kier molecular flexibility index (Phi) is 6.36. The number of primary amides is 1. The maximum Gasteiger partial charge on any atom is 0.334 e. The van der Waals surface area contributed by atoms with Crippen molar-refractivity contribution >= 4 is 18.0 Å². The van der Waals surface area contributed by atoms with E-state index in [2.05, 4.69) is 16.0 Å². The van der Waals surface area contributed by atoms with Crippen molar-refractivity contribution < 1.29 is 24.6 Å². The third kappa shape index (κ3) is 7.38. The van der Waals surface area contributed by atoms with Gasteiger partial charge in [-0.25, -0.2) is 14.4 Å². The summed E-state index contributed by atoms with van der Waals surface area (Å²) in [6.45, 7) is -0.105. The van der Waals surface area contributed by atoms with E-state index in [0.29, 0.717) is 0 Å². The lowest BCUT2D eigenvalue weighted by Crippen LogP contribution is -2.44. The van der Waals surface area contributed by atoms with Crippen LogP contribution in [0.15, 0.2) is 0 Å². The third-order valence-electron chi connectivity index (χ3n) is 1.45. The van der Waals surface area contributed by atoms with Crippen LogP contribution in [0.3, 0.4) is 0 Å². The Bertz CT molecular complexity index is 270. The molecule has 0 aromatic carbocycles. The number of carboxylic acids is 1. The normalized spacial score (nSPS) is 11.3. The number of aliphatic hydroxyl groups excluding tert-OH is 1. The van der Waals surface area contributed by atoms with Crippen LogP contribution in [0.5, 0.6) is 0 Å². The zero-order chi connectivity index (χ0) is 12.6. The Hall–Kier alpha value is -2.03. The van der Waals surface area contributed by atoms with E-state index in [-0.39, 0.29) is 13.1 Å². The van der Waals surface area contributed by atoms with Gasteiger partial charge in [0, 0.05) is 13.1 Å². The van der Waals surface area contributed by atoms with Crippen LogP contribution in [0, 0.1) is 0 Å². The number of hydrogen-bond acceptors (Lipinski definition) is 4. The van der Waals surface area contributed by atoms with Gasteiger partial charge in [0.15, 0.2) is 6.10 Å². The van der Waals surface area contributed by atoms with E-state index < -0.39 is 30.7 Å². The molecule has 0 saturated heterocycles. The van der Waals surface area contributed by atoms with Gasteiger partial charge in [-0.15, -0.1) is 0 Å². The fourth-order valence-electron chi connectivity index (χ4n) is 0.701. The molecule has 0 aromatic rings. The molecule has 9 nitrogen and oxygen atoms in total. The van der Waals surface area contributed by atoms with Crippen molar-refractivity contribution in [2.75, 3.05) is 19.6 Å². The maximum atomic E-state index is 10.9. The second kappa shape index (κ2) is 7.29. The monoisotopic (exact) mass is 234 g/mol. The van der Waals surface area contributed by atoms with Gasteiger partial charge in [-0.1, -0.05) is 0 Å². The molecule has 0 unspecified atom stereocenters. The van der Waals surface area contributed by atoms with Crippen LogP contribution < -0.4 is 21.7 Å². The lowest BCUT2D eigenvalue weighted by atomic mass is 10.4. The first-order valence-electron chi connectivity index (χ1n) is 4.39. The second-order valence-electron chi connectivity index (χ2n) is 2.78. The molecule has 0 radical (unpaired) electrons. The predicted octanol–water partition coefficient (Wildman–Crippen LogP) is -2.60. The first-order valence-corrected chi connectivity index (χ1v) is 4.39. The second-order valence-corrected chi connectivity index (χ2v) is 2.78.